The van der Waals surface area contributed by atoms with Crippen LogP contribution in [0.5, 0.6) is 0 Å². The predicted octanol–water partition coefficient (Wildman–Crippen LogP) is 2.60. The van der Waals surface area contributed by atoms with E-state index < -0.39 is 12.0 Å². The Labute approximate surface area is 101 Å². The van der Waals surface area contributed by atoms with Gasteiger partial charge in [0.1, 0.15) is 11.0 Å². The molecule has 0 saturated carbocycles. The summed E-state index contributed by atoms with van der Waals surface area (Å²) in [6.07, 6.45) is -4.62. The van der Waals surface area contributed by atoms with Crippen LogP contribution in [0.25, 0.3) is 0 Å². The highest BCUT2D eigenvalue weighted by molar-refractivity contribution is 6.29. The molecule has 0 saturated heterocycles. The lowest BCUT2D eigenvalue weighted by atomic mass is 10.3. The first-order valence-corrected chi connectivity index (χ1v) is 5.08. The number of ether oxygens (including phenoxy) is 1. The second kappa shape index (κ2) is 5.50. The molecule has 1 unspecified atom stereocenters. The standard InChI is InChI=1S/C9H11ClF3N3O/c1-5(4-17-2)14-7-3-6(10)15-8(16-7)9(11,12)13/h3,5H,4H2,1-2H3,(H,14,15,16). The van der Waals surface area contributed by atoms with E-state index in [9.17, 15) is 13.2 Å². The van der Waals surface area contributed by atoms with Crippen LogP contribution in [0.4, 0.5) is 19.0 Å². The van der Waals surface area contributed by atoms with Gasteiger partial charge in [0.2, 0.25) is 5.82 Å². The van der Waals surface area contributed by atoms with Crippen molar-refractivity contribution in [3.63, 3.8) is 0 Å². The van der Waals surface area contributed by atoms with Crippen LogP contribution in [0.1, 0.15) is 12.7 Å². The van der Waals surface area contributed by atoms with E-state index in [0.29, 0.717) is 6.61 Å². The maximum Gasteiger partial charge on any atom is 0.451 e. The van der Waals surface area contributed by atoms with E-state index in [4.69, 9.17) is 16.3 Å². The minimum Gasteiger partial charge on any atom is -0.383 e. The van der Waals surface area contributed by atoms with Gasteiger partial charge < -0.3 is 10.1 Å². The number of anilines is 1. The number of hydrogen-bond donors (Lipinski definition) is 1. The van der Waals surface area contributed by atoms with Gasteiger partial charge in [0.25, 0.3) is 0 Å². The van der Waals surface area contributed by atoms with Crippen LogP contribution in [0.3, 0.4) is 0 Å². The minimum absolute atomic E-state index is 0.0156. The van der Waals surface area contributed by atoms with Gasteiger partial charge in [-0.2, -0.15) is 13.2 Å². The molecule has 0 amide bonds. The Morgan fingerprint density at radius 1 is 1.47 bits per heavy atom. The van der Waals surface area contributed by atoms with E-state index in [-0.39, 0.29) is 17.0 Å². The quantitative estimate of drug-likeness (QED) is 0.854. The van der Waals surface area contributed by atoms with Crippen molar-refractivity contribution in [3.8, 4) is 0 Å². The summed E-state index contributed by atoms with van der Waals surface area (Å²) in [6.45, 7) is 2.08. The fraction of sp³-hybridized carbons (Fsp3) is 0.556. The molecule has 0 bridgehead atoms. The summed E-state index contributed by atoms with van der Waals surface area (Å²) >= 11 is 5.49. The molecule has 1 aromatic rings. The molecule has 0 aromatic carbocycles. The zero-order valence-electron chi connectivity index (χ0n) is 9.18. The van der Waals surface area contributed by atoms with E-state index in [0.717, 1.165) is 0 Å². The normalized spacial score (nSPS) is 13.5. The van der Waals surface area contributed by atoms with Gasteiger partial charge in [0.05, 0.1) is 6.61 Å². The van der Waals surface area contributed by atoms with Gasteiger partial charge in [-0.3, -0.25) is 0 Å². The zero-order valence-corrected chi connectivity index (χ0v) is 9.93. The third-order valence-electron chi connectivity index (χ3n) is 1.76. The molecule has 1 N–H and O–H groups in total. The SMILES string of the molecule is COCC(C)Nc1cc(Cl)nc(C(F)(F)F)n1. The summed E-state index contributed by atoms with van der Waals surface area (Å²) in [6, 6.07) is 1.04. The van der Waals surface area contributed by atoms with Crippen LogP contribution in [0, 0.1) is 0 Å². The third-order valence-corrected chi connectivity index (χ3v) is 1.95. The fourth-order valence-corrected chi connectivity index (χ4v) is 1.35. The molecule has 0 aliphatic carbocycles. The van der Waals surface area contributed by atoms with E-state index >= 15 is 0 Å². The average Bonchev–Trinajstić information content (AvgIpc) is 2.15. The highest BCUT2D eigenvalue weighted by Gasteiger charge is 2.35. The second-order valence-corrected chi connectivity index (χ2v) is 3.79. The summed E-state index contributed by atoms with van der Waals surface area (Å²) in [7, 11) is 1.49. The van der Waals surface area contributed by atoms with Gasteiger partial charge >= 0.3 is 6.18 Å². The summed E-state index contributed by atoms with van der Waals surface area (Å²) in [5, 5.41) is 2.47. The van der Waals surface area contributed by atoms with Crippen molar-refractivity contribution in [1.82, 2.24) is 9.97 Å². The fourth-order valence-electron chi connectivity index (χ4n) is 1.16. The topological polar surface area (TPSA) is 47.0 Å². The Morgan fingerprint density at radius 3 is 2.65 bits per heavy atom. The van der Waals surface area contributed by atoms with Crippen molar-refractivity contribution in [2.45, 2.75) is 19.1 Å². The molecule has 0 aliphatic rings. The molecule has 0 radical (unpaired) electrons. The second-order valence-electron chi connectivity index (χ2n) is 3.40. The molecule has 96 valence electrons. The average molecular weight is 270 g/mol. The number of halogens is 4. The largest absolute Gasteiger partial charge is 0.451 e. The molecule has 4 nitrogen and oxygen atoms in total. The van der Waals surface area contributed by atoms with Gasteiger partial charge in [-0.25, -0.2) is 9.97 Å². The van der Waals surface area contributed by atoms with Crippen molar-refractivity contribution in [1.29, 1.82) is 0 Å². The number of aromatic nitrogens is 2. The number of methoxy groups -OCH3 is 1. The molecule has 8 heteroatoms. The molecule has 1 aromatic heterocycles. The summed E-state index contributed by atoms with van der Waals surface area (Å²) in [5.74, 6) is -1.25. The minimum atomic E-state index is -4.62. The van der Waals surface area contributed by atoms with Gasteiger partial charge in [-0.15, -0.1) is 0 Å². The molecule has 0 aliphatic heterocycles. The number of nitrogens with one attached hydrogen (secondary N) is 1. The predicted molar refractivity (Wildman–Crippen MR) is 57.0 cm³/mol. The maximum atomic E-state index is 12.4. The van der Waals surface area contributed by atoms with Crippen LogP contribution in [0.15, 0.2) is 6.07 Å². The van der Waals surface area contributed by atoms with Crippen molar-refractivity contribution in [2.75, 3.05) is 19.0 Å². The van der Waals surface area contributed by atoms with Crippen molar-refractivity contribution in [3.05, 3.63) is 17.0 Å². The van der Waals surface area contributed by atoms with E-state index in [1.165, 1.54) is 13.2 Å². The van der Waals surface area contributed by atoms with Crippen LogP contribution in [-0.2, 0) is 10.9 Å². The molecule has 1 atom stereocenters. The smallest absolute Gasteiger partial charge is 0.383 e. The first-order valence-electron chi connectivity index (χ1n) is 4.70. The molecular formula is C9H11ClF3N3O. The molecule has 1 heterocycles. The summed E-state index contributed by atoms with van der Waals surface area (Å²) in [4.78, 5) is 6.46. The third kappa shape index (κ3) is 4.35. The van der Waals surface area contributed by atoms with E-state index in [2.05, 4.69) is 15.3 Å². The molecule has 0 spiro atoms. The van der Waals surface area contributed by atoms with Gasteiger partial charge in [0.15, 0.2) is 0 Å². The molecular weight excluding hydrogens is 259 g/mol. The van der Waals surface area contributed by atoms with Crippen molar-refractivity contribution < 1.29 is 17.9 Å². The van der Waals surface area contributed by atoms with Crippen molar-refractivity contribution >= 4 is 17.4 Å². The lowest BCUT2D eigenvalue weighted by Gasteiger charge is -2.14. The van der Waals surface area contributed by atoms with E-state index in [1.807, 2.05) is 0 Å². The Morgan fingerprint density at radius 2 is 2.12 bits per heavy atom. The molecule has 0 fully saturated rings. The number of nitrogens with zero attached hydrogens (tertiary/aromatic N) is 2. The Kier molecular flexibility index (Phi) is 4.53. The zero-order chi connectivity index (χ0) is 13.1. The molecule has 1 rings (SSSR count). The van der Waals surface area contributed by atoms with Gasteiger partial charge in [0, 0.05) is 19.2 Å². The van der Waals surface area contributed by atoms with Crippen LogP contribution >= 0.6 is 11.6 Å². The van der Waals surface area contributed by atoms with Crippen LogP contribution < -0.4 is 5.32 Å². The Bertz CT molecular complexity index is 386. The Balaban J connectivity index is 2.90. The number of alkyl halides is 3. The van der Waals surface area contributed by atoms with Crippen LogP contribution in [0.2, 0.25) is 5.15 Å². The van der Waals surface area contributed by atoms with Gasteiger partial charge in [-0.05, 0) is 6.92 Å². The van der Waals surface area contributed by atoms with E-state index in [1.54, 1.807) is 6.92 Å². The first kappa shape index (κ1) is 14.0. The Hall–Kier alpha value is -1.08. The lowest BCUT2D eigenvalue weighted by Crippen LogP contribution is -2.22. The van der Waals surface area contributed by atoms with Crippen molar-refractivity contribution in [2.24, 2.45) is 0 Å². The lowest BCUT2D eigenvalue weighted by molar-refractivity contribution is -0.144. The highest BCUT2D eigenvalue weighted by atomic mass is 35.5. The number of hydrogen-bond acceptors (Lipinski definition) is 4. The van der Waals surface area contributed by atoms with Gasteiger partial charge in [-0.1, -0.05) is 11.6 Å². The summed E-state index contributed by atoms with van der Waals surface area (Å²) in [5.41, 5.74) is 0. The first-order chi connectivity index (χ1) is 7.82. The summed E-state index contributed by atoms with van der Waals surface area (Å²) < 4.78 is 42.0. The number of rotatable bonds is 4. The monoisotopic (exact) mass is 269 g/mol. The van der Waals surface area contributed by atoms with Crippen LogP contribution in [-0.4, -0.2) is 29.7 Å². The highest BCUT2D eigenvalue weighted by Crippen LogP contribution is 2.28. The molecule has 17 heavy (non-hydrogen) atoms. The maximum absolute atomic E-state index is 12.4.